The van der Waals surface area contributed by atoms with E-state index in [0.29, 0.717) is 30.2 Å². The summed E-state index contributed by atoms with van der Waals surface area (Å²) in [4.78, 5) is 17.7. The van der Waals surface area contributed by atoms with E-state index in [4.69, 9.17) is 0 Å². The van der Waals surface area contributed by atoms with E-state index in [1.54, 1.807) is 25.3 Å². The molecule has 1 aliphatic rings. The van der Waals surface area contributed by atoms with Crippen molar-refractivity contribution in [1.29, 1.82) is 0 Å². The maximum atomic E-state index is 11.4. The number of hydrogen-bond donors (Lipinski definition) is 0. The summed E-state index contributed by atoms with van der Waals surface area (Å²) in [6.45, 7) is 2.97. The number of hydrogen-bond acceptors (Lipinski definition) is 4. The zero-order valence-electron chi connectivity index (χ0n) is 9.18. The lowest BCUT2D eigenvalue weighted by Crippen LogP contribution is -2.39. The van der Waals surface area contributed by atoms with Gasteiger partial charge >= 0.3 is 0 Å². The summed E-state index contributed by atoms with van der Waals surface area (Å²) in [6.07, 6.45) is 1.69. The molecule has 1 aromatic heterocycles. The highest BCUT2D eigenvalue weighted by atomic mass is 32.2. The molecule has 1 aliphatic heterocycles. The highest BCUT2D eigenvalue weighted by Gasteiger charge is 2.20. The smallest absolute Gasteiger partial charge is 0.163 e. The van der Waals surface area contributed by atoms with Gasteiger partial charge in [0.1, 0.15) is 5.82 Å². The topological polar surface area (TPSA) is 50.3 Å². The van der Waals surface area contributed by atoms with Crippen molar-refractivity contribution in [2.75, 3.05) is 29.5 Å². The van der Waals surface area contributed by atoms with E-state index < -0.39 is 10.8 Å². The van der Waals surface area contributed by atoms with Crippen LogP contribution in [0.2, 0.25) is 0 Å². The maximum absolute atomic E-state index is 11.4. The number of pyridine rings is 1. The van der Waals surface area contributed by atoms with Crippen molar-refractivity contribution in [3.63, 3.8) is 0 Å². The highest BCUT2D eigenvalue weighted by molar-refractivity contribution is 7.85. The average molecular weight is 238 g/mol. The van der Waals surface area contributed by atoms with Crippen LogP contribution < -0.4 is 4.90 Å². The highest BCUT2D eigenvalue weighted by Crippen LogP contribution is 2.19. The van der Waals surface area contributed by atoms with Gasteiger partial charge in [0.05, 0.1) is 5.56 Å². The van der Waals surface area contributed by atoms with E-state index in [1.165, 1.54) is 0 Å². The zero-order valence-corrected chi connectivity index (χ0v) is 10.00. The summed E-state index contributed by atoms with van der Waals surface area (Å²) in [5.74, 6) is 2.07. The second kappa shape index (κ2) is 4.74. The Morgan fingerprint density at radius 3 is 2.75 bits per heavy atom. The van der Waals surface area contributed by atoms with E-state index in [-0.39, 0.29) is 5.78 Å². The zero-order chi connectivity index (χ0) is 11.5. The van der Waals surface area contributed by atoms with Crippen molar-refractivity contribution in [2.24, 2.45) is 0 Å². The molecular weight excluding hydrogens is 224 g/mol. The molecule has 0 spiro atoms. The number of carbonyl (C=O) groups excluding carboxylic acids is 1. The van der Waals surface area contributed by atoms with Gasteiger partial charge in [-0.1, -0.05) is 0 Å². The van der Waals surface area contributed by atoms with E-state index in [0.717, 1.165) is 5.82 Å². The molecule has 16 heavy (non-hydrogen) atoms. The first kappa shape index (κ1) is 11.3. The van der Waals surface area contributed by atoms with Crippen LogP contribution in [-0.4, -0.2) is 39.6 Å². The van der Waals surface area contributed by atoms with Crippen LogP contribution in [0.15, 0.2) is 18.3 Å². The first-order valence-corrected chi connectivity index (χ1v) is 6.73. The van der Waals surface area contributed by atoms with Crippen LogP contribution in [0.3, 0.4) is 0 Å². The van der Waals surface area contributed by atoms with E-state index in [9.17, 15) is 9.00 Å². The average Bonchev–Trinajstić information content (AvgIpc) is 2.30. The predicted molar refractivity (Wildman–Crippen MR) is 64.3 cm³/mol. The molecule has 0 aliphatic carbocycles. The van der Waals surface area contributed by atoms with Crippen LogP contribution in [0.4, 0.5) is 5.82 Å². The quantitative estimate of drug-likeness (QED) is 0.717. The number of carbonyl (C=O) groups is 1. The minimum Gasteiger partial charge on any atom is -0.354 e. The fourth-order valence-corrected chi connectivity index (χ4v) is 2.83. The largest absolute Gasteiger partial charge is 0.354 e. The Hall–Kier alpha value is -1.23. The van der Waals surface area contributed by atoms with Gasteiger partial charge < -0.3 is 4.90 Å². The molecule has 0 bridgehead atoms. The molecule has 4 nitrogen and oxygen atoms in total. The molecule has 0 unspecified atom stereocenters. The van der Waals surface area contributed by atoms with Crippen molar-refractivity contribution >= 4 is 22.4 Å². The third-order valence-electron chi connectivity index (χ3n) is 2.64. The standard InChI is InChI=1S/C11H14N2O2S/c1-9(14)10-3-2-4-12-11(10)13-5-7-16(15)8-6-13/h2-4H,5-8H2,1H3. The van der Waals surface area contributed by atoms with Crippen LogP contribution in [0, 0.1) is 0 Å². The monoisotopic (exact) mass is 238 g/mol. The van der Waals surface area contributed by atoms with Gasteiger partial charge in [-0.25, -0.2) is 4.98 Å². The lowest BCUT2D eigenvalue weighted by molar-refractivity contribution is 0.101. The molecule has 0 saturated carbocycles. The Bertz CT molecular complexity index is 424. The molecule has 86 valence electrons. The Balaban J connectivity index is 2.26. The molecule has 2 heterocycles. The molecule has 1 aromatic rings. The molecule has 0 atom stereocenters. The minimum atomic E-state index is -0.706. The van der Waals surface area contributed by atoms with Crippen LogP contribution in [0.5, 0.6) is 0 Å². The second-order valence-electron chi connectivity index (χ2n) is 3.77. The van der Waals surface area contributed by atoms with Crippen LogP contribution >= 0.6 is 0 Å². The van der Waals surface area contributed by atoms with Crippen LogP contribution in [0.25, 0.3) is 0 Å². The number of ketones is 1. The minimum absolute atomic E-state index is 0.0230. The van der Waals surface area contributed by atoms with Crippen molar-refractivity contribution < 1.29 is 9.00 Å². The molecule has 1 saturated heterocycles. The number of nitrogens with zero attached hydrogens (tertiary/aromatic N) is 2. The summed E-state index contributed by atoms with van der Waals surface area (Å²) in [5, 5.41) is 0. The third-order valence-corrected chi connectivity index (χ3v) is 3.92. The van der Waals surface area contributed by atoms with Crippen LogP contribution in [-0.2, 0) is 10.8 Å². The van der Waals surface area contributed by atoms with Gasteiger partial charge in [-0.15, -0.1) is 0 Å². The molecule has 0 aromatic carbocycles. The van der Waals surface area contributed by atoms with Gasteiger partial charge in [0, 0.05) is 41.6 Å². The Morgan fingerprint density at radius 1 is 1.44 bits per heavy atom. The molecule has 5 heteroatoms. The summed E-state index contributed by atoms with van der Waals surface area (Å²) < 4.78 is 11.3. The fourth-order valence-electron chi connectivity index (χ4n) is 1.77. The molecule has 0 amide bonds. The molecule has 2 rings (SSSR count). The maximum Gasteiger partial charge on any atom is 0.163 e. The van der Waals surface area contributed by atoms with Gasteiger partial charge in [0.2, 0.25) is 0 Å². The SMILES string of the molecule is CC(=O)c1cccnc1N1CCS(=O)CC1. The number of anilines is 1. The molecular formula is C11H14N2O2S. The van der Waals surface area contributed by atoms with Gasteiger partial charge in [0.15, 0.2) is 5.78 Å². The van der Waals surface area contributed by atoms with Gasteiger partial charge in [0.25, 0.3) is 0 Å². The van der Waals surface area contributed by atoms with E-state index in [2.05, 4.69) is 4.98 Å². The van der Waals surface area contributed by atoms with Crippen molar-refractivity contribution in [2.45, 2.75) is 6.92 Å². The fraction of sp³-hybridized carbons (Fsp3) is 0.455. The van der Waals surface area contributed by atoms with Crippen molar-refractivity contribution in [1.82, 2.24) is 4.98 Å². The lowest BCUT2D eigenvalue weighted by Gasteiger charge is -2.28. The molecule has 0 radical (unpaired) electrons. The first-order valence-electron chi connectivity index (χ1n) is 5.24. The Kier molecular flexibility index (Phi) is 3.33. The van der Waals surface area contributed by atoms with Gasteiger partial charge in [-0.05, 0) is 19.1 Å². The molecule has 0 N–H and O–H groups in total. The summed E-state index contributed by atoms with van der Waals surface area (Å²) >= 11 is 0. The summed E-state index contributed by atoms with van der Waals surface area (Å²) in [7, 11) is -0.706. The number of Topliss-reactive ketones (excluding diaryl/α,β-unsaturated/α-hetero) is 1. The lowest BCUT2D eigenvalue weighted by atomic mass is 10.2. The summed E-state index contributed by atoms with van der Waals surface area (Å²) in [5.41, 5.74) is 0.648. The normalized spacial score (nSPS) is 17.4. The van der Waals surface area contributed by atoms with Crippen LogP contribution in [0.1, 0.15) is 17.3 Å². The predicted octanol–water partition coefficient (Wildman–Crippen LogP) is 0.853. The summed E-state index contributed by atoms with van der Waals surface area (Å²) in [6, 6.07) is 3.55. The van der Waals surface area contributed by atoms with Crippen molar-refractivity contribution in [3.8, 4) is 0 Å². The second-order valence-corrected chi connectivity index (χ2v) is 5.46. The first-order chi connectivity index (χ1) is 7.68. The van der Waals surface area contributed by atoms with Gasteiger partial charge in [-0.2, -0.15) is 0 Å². The Morgan fingerprint density at radius 2 is 2.12 bits per heavy atom. The Labute approximate surface area is 97.1 Å². The number of rotatable bonds is 2. The third kappa shape index (κ3) is 2.29. The van der Waals surface area contributed by atoms with E-state index >= 15 is 0 Å². The van der Waals surface area contributed by atoms with E-state index in [1.807, 2.05) is 4.90 Å². The molecule has 1 fully saturated rings. The van der Waals surface area contributed by atoms with Crippen molar-refractivity contribution in [3.05, 3.63) is 23.9 Å². The van der Waals surface area contributed by atoms with Gasteiger partial charge in [-0.3, -0.25) is 9.00 Å². The number of aromatic nitrogens is 1.